The Hall–Kier alpha value is -1.88. The highest BCUT2D eigenvalue weighted by molar-refractivity contribution is 7.09. The van der Waals surface area contributed by atoms with E-state index in [1.807, 2.05) is 36.6 Å². The molecule has 110 valence electrons. The fourth-order valence-corrected chi connectivity index (χ4v) is 3.44. The molecule has 1 aliphatic carbocycles. The molecule has 0 bridgehead atoms. The van der Waals surface area contributed by atoms with E-state index in [9.17, 15) is 9.90 Å². The van der Waals surface area contributed by atoms with Gasteiger partial charge in [-0.25, -0.2) is 4.98 Å². The molecule has 0 unspecified atom stereocenters. The Bertz CT molecular complexity index is 645. The molecule has 1 aromatic carbocycles. The summed E-state index contributed by atoms with van der Waals surface area (Å²) in [5, 5.41) is 15.8. The molecule has 1 aromatic heterocycles. The first kappa shape index (κ1) is 14.1. The van der Waals surface area contributed by atoms with E-state index in [1.54, 1.807) is 11.3 Å². The molecule has 0 saturated heterocycles. The van der Waals surface area contributed by atoms with Crippen LogP contribution in [0.15, 0.2) is 29.6 Å². The van der Waals surface area contributed by atoms with Crippen LogP contribution in [-0.4, -0.2) is 16.1 Å². The minimum absolute atomic E-state index is 0.648. The standard InChI is InChI=1S/C16H18N2O2S/c1-11-10-21-14(18-11)9-17-13-5-3-12(4-6-13)16(15(19)20)7-2-8-16/h3-6,10,17H,2,7-9H2,1H3,(H,19,20). The van der Waals surface area contributed by atoms with E-state index in [0.29, 0.717) is 6.54 Å². The zero-order valence-electron chi connectivity index (χ0n) is 11.9. The molecule has 3 rings (SSSR count). The lowest BCUT2D eigenvalue weighted by Gasteiger charge is -2.38. The number of anilines is 1. The molecule has 21 heavy (non-hydrogen) atoms. The summed E-state index contributed by atoms with van der Waals surface area (Å²) in [6.45, 7) is 2.68. The molecule has 2 N–H and O–H groups in total. The molecule has 0 atom stereocenters. The van der Waals surface area contributed by atoms with Gasteiger partial charge in [0.25, 0.3) is 0 Å². The number of hydrogen-bond acceptors (Lipinski definition) is 4. The molecule has 0 aliphatic heterocycles. The minimum atomic E-state index is -0.701. The largest absolute Gasteiger partial charge is 0.481 e. The topological polar surface area (TPSA) is 62.2 Å². The maximum atomic E-state index is 11.5. The van der Waals surface area contributed by atoms with Gasteiger partial charge in [-0.05, 0) is 37.5 Å². The molecular formula is C16H18N2O2S. The van der Waals surface area contributed by atoms with Crippen LogP contribution < -0.4 is 5.32 Å². The SMILES string of the molecule is Cc1csc(CNc2ccc(C3(C(=O)O)CCC3)cc2)n1. The lowest BCUT2D eigenvalue weighted by Crippen LogP contribution is -2.42. The molecule has 1 aliphatic rings. The van der Waals surface area contributed by atoms with Crippen molar-refractivity contribution >= 4 is 23.0 Å². The van der Waals surface area contributed by atoms with Crippen molar-refractivity contribution in [3.8, 4) is 0 Å². The summed E-state index contributed by atoms with van der Waals surface area (Å²) in [7, 11) is 0. The first-order valence-corrected chi connectivity index (χ1v) is 7.97. The van der Waals surface area contributed by atoms with Crippen LogP contribution in [0.4, 0.5) is 5.69 Å². The van der Waals surface area contributed by atoms with E-state index in [1.165, 1.54) is 0 Å². The van der Waals surface area contributed by atoms with Crippen LogP contribution in [0.5, 0.6) is 0 Å². The van der Waals surface area contributed by atoms with Crippen molar-refractivity contribution in [1.82, 2.24) is 4.98 Å². The maximum absolute atomic E-state index is 11.5. The van der Waals surface area contributed by atoms with Gasteiger partial charge in [0.2, 0.25) is 0 Å². The summed E-state index contributed by atoms with van der Waals surface area (Å²) < 4.78 is 0. The van der Waals surface area contributed by atoms with Crippen LogP contribution in [0.2, 0.25) is 0 Å². The summed E-state index contributed by atoms with van der Waals surface area (Å²) in [5.74, 6) is -0.701. The van der Waals surface area contributed by atoms with E-state index in [-0.39, 0.29) is 0 Å². The number of carbonyl (C=O) groups is 1. The van der Waals surface area contributed by atoms with Crippen molar-refractivity contribution < 1.29 is 9.90 Å². The van der Waals surface area contributed by atoms with Crippen LogP contribution in [0.25, 0.3) is 0 Å². The third-order valence-electron chi connectivity index (χ3n) is 4.16. The lowest BCUT2D eigenvalue weighted by atomic mass is 9.64. The number of hydrogen-bond donors (Lipinski definition) is 2. The average molecular weight is 302 g/mol. The van der Waals surface area contributed by atoms with Gasteiger partial charge < -0.3 is 10.4 Å². The van der Waals surface area contributed by atoms with Gasteiger partial charge in [0.15, 0.2) is 0 Å². The molecule has 2 aromatic rings. The number of aryl methyl sites for hydroxylation is 1. The van der Waals surface area contributed by atoms with Crippen LogP contribution in [-0.2, 0) is 16.8 Å². The first-order chi connectivity index (χ1) is 10.1. The Morgan fingerprint density at radius 3 is 2.57 bits per heavy atom. The highest BCUT2D eigenvalue weighted by Crippen LogP contribution is 2.44. The molecule has 1 saturated carbocycles. The number of nitrogens with zero attached hydrogens (tertiary/aromatic N) is 1. The summed E-state index contributed by atoms with van der Waals surface area (Å²) in [6.07, 6.45) is 2.48. The number of rotatable bonds is 5. The van der Waals surface area contributed by atoms with Gasteiger partial charge in [0.1, 0.15) is 5.01 Å². The highest BCUT2D eigenvalue weighted by atomic mass is 32.1. The highest BCUT2D eigenvalue weighted by Gasteiger charge is 2.45. The Kier molecular flexibility index (Phi) is 3.68. The summed E-state index contributed by atoms with van der Waals surface area (Å²) >= 11 is 1.64. The van der Waals surface area contributed by atoms with Crippen molar-refractivity contribution in [3.05, 3.63) is 45.9 Å². The number of nitrogens with one attached hydrogen (secondary N) is 1. The van der Waals surface area contributed by atoms with E-state index in [0.717, 1.165) is 41.2 Å². The summed E-state index contributed by atoms with van der Waals surface area (Å²) in [4.78, 5) is 15.9. The second kappa shape index (κ2) is 5.48. The van der Waals surface area contributed by atoms with E-state index in [2.05, 4.69) is 10.3 Å². The lowest BCUT2D eigenvalue weighted by molar-refractivity contribution is -0.147. The van der Waals surface area contributed by atoms with Gasteiger partial charge in [-0.1, -0.05) is 18.6 Å². The Morgan fingerprint density at radius 2 is 2.10 bits per heavy atom. The van der Waals surface area contributed by atoms with Crippen LogP contribution in [0.3, 0.4) is 0 Å². The molecule has 5 heteroatoms. The Morgan fingerprint density at radius 1 is 1.38 bits per heavy atom. The smallest absolute Gasteiger partial charge is 0.314 e. The van der Waals surface area contributed by atoms with E-state index >= 15 is 0 Å². The fraction of sp³-hybridized carbons (Fsp3) is 0.375. The fourth-order valence-electron chi connectivity index (χ4n) is 2.73. The molecule has 0 spiro atoms. The number of thiazole rings is 1. The molecule has 0 radical (unpaired) electrons. The molecule has 0 amide bonds. The second-order valence-electron chi connectivity index (χ2n) is 5.55. The van der Waals surface area contributed by atoms with E-state index < -0.39 is 11.4 Å². The van der Waals surface area contributed by atoms with Gasteiger partial charge >= 0.3 is 5.97 Å². The monoisotopic (exact) mass is 302 g/mol. The van der Waals surface area contributed by atoms with Gasteiger partial charge in [-0.3, -0.25) is 4.79 Å². The predicted octanol–water partition coefficient (Wildman–Crippen LogP) is 3.57. The molecule has 1 fully saturated rings. The number of carboxylic acids is 1. The van der Waals surface area contributed by atoms with E-state index in [4.69, 9.17) is 0 Å². The van der Waals surface area contributed by atoms with Crippen molar-refractivity contribution in [3.63, 3.8) is 0 Å². The van der Waals surface area contributed by atoms with Crippen molar-refractivity contribution in [1.29, 1.82) is 0 Å². The van der Waals surface area contributed by atoms with Crippen LogP contribution in [0.1, 0.15) is 35.5 Å². The quantitative estimate of drug-likeness (QED) is 0.886. The minimum Gasteiger partial charge on any atom is -0.481 e. The van der Waals surface area contributed by atoms with Crippen molar-refractivity contribution in [2.75, 3.05) is 5.32 Å². The van der Waals surface area contributed by atoms with Crippen molar-refractivity contribution in [2.45, 2.75) is 38.1 Å². The number of carboxylic acid groups (broad SMARTS) is 1. The predicted molar refractivity (Wildman–Crippen MR) is 83.8 cm³/mol. The van der Waals surface area contributed by atoms with Gasteiger partial charge in [-0.2, -0.15) is 0 Å². The van der Waals surface area contributed by atoms with Gasteiger partial charge in [-0.15, -0.1) is 11.3 Å². The average Bonchev–Trinajstić information content (AvgIpc) is 2.82. The number of aromatic nitrogens is 1. The summed E-state index contributed by atoms with van der Waals surface area (Å²) in [5.41, 5.74) is 2.30. The zero-order valence-corrected chi connectivity index (χ0v) is 12.7. The third-order valence-corrected chi connectivity index (χ3v) is 5.13. The normalized spacial score (nSPS) is 16.2. The third kappa shape index (κ3) is 2.65. The Labute approximate surface area is 127 Å². The maximum Gasteiger partial charge on any atom is 0.314 e. The Balaban J connectivity index is 1.68. The van der Waals surface area contributed by atoms with Gasteiger partial charge in [0.05, 0.1) is 12.0 Å². The summed E-state index contributed by atoms with van der Waals surface area (Å²) in [6, 6.07) is 7.78. The van der Waals surface area contributed by atoms with Crippen LogP contribution >= 0.6 is 11.3 Å². The molecule has 1 heterocycles. The zero-order chi connectivity index (χ0) is 14.9. The number of aliphatic carboxylic acids is 1. The number of benzene rings is 1. The second-order valence-corrected chi connectivity index (χ2v) is 6.50. The molecule has 4 nitrogen and oxygen atoms in total. The van der Waals surface area contributed by atoms with Crippen LogP contribution in [0, 0.1) is 6.92 Å². The van der Waals surface area contributed by atoms with Gasteiger partial charge in [0, 0.05) is 16.8 Å². The first-order valence-electron chi connectivity index (χ1n) is 7.09. The van der Waals surface area contributed by atoms with Crippen molar-refractivity contribution in [2.24, 2.45) is 0 Å². The molecular weight excluding hydrogens is 284 g/mol.